The third kappa shape index (κ3) is 1.65. The lowest BCUT2D eigenvalue weighted by atomic mass is 9.84. The first-order valence-corrected chi connectivity index (χ1v) is 7.04. The number of aliphatic hydroxyl groups excluding tert-OH is 1. The van der Waals surface area contributed by atoms with Crippen LogP contribution in [-0.4, -0.2) is 63.0 Å². The van der Waals surface area contributed by atoms with E-state index >= 15 is 0 Å². The van der Waals surface area contributed by atoms with E-state index in [0.29, 0.717) is 5.56 Å². The Morgan fingerprint density at radius 2 is 2.09 bits per heavy atom. The SMILES string of the molecule is Cc1cn([C@H]2O[C@@H]3[C@H](O)CO[C@@H]4CO[C@H]2[C@]34O)c(=O)[nH]c1=O. The maximum absolute atomic E-state index is 12.0. The summed E-state index contributed by atoms with van der Waals surface area (Å²) in [5.74, 6) is 0. The minimum atomic E-state index is -1.52. The molecule has 3 saturated heterocycles. The first kappa shape index (κ1) is 14.1. The summed E-state index contributed by atoms with van der Waals surface area (Å²) in [7, 11) is 0. The molecule has 3 fully saturated rings. The van der Waals surface area contributed by atoms with Crippen molar-refractivity contribution in [1.82, 2.24) is 9.55 Å². The quantitative estimate of drug-likeness (QED) is 0.529. The van der Waals surface area contributed by atoms with Crippen LogP contribution in [0, 0.1) is 6.92 Å². The molecule has 4 rings (SSSR count). The molecule has 120 valence electrons. The zero-order valence-electron chi connectivity index (χ0n) is 11.8. The molecule has 0 aromatic carbocycles. The van der Waals surface area contributed by atoms with Crippen molar-refractivity contribution in [2.45, 2.75) is 43.2 Å². The fraction of sp³-hybridized carbons (Fsp3) is 0.692. The highest BCUT2D eigenvalue weighted by Crippen LogP contribution is 2.48. The topological polar surface area (TPSA) is 123 Å². The minimum Gasteiger partial charge on any atom is -0.388 e. The van der Waals surface area contributed by atoms with Gasteiger partial charge in [-0.3, -0.25) is 14.3 Å². The molecule has 0 unspecified atom stereocenters. The molecule has 1 aromatic heterocycles. The predicted octanol–water partition coefficient (Wildman–Crippen LogP) is -2.37. The maximum Gasteiger partial charge on any atom is 0.330 e. The second-order valence-electron chi connectivity index (χ2n) is 5.96. The Hall–Kier alpha value is -1.52. The molecule has 0 bridgehead atoms. The highest BCUT2D eigenvalue weighted by molar-refractivity contribution is 5.16. The third-order valence-corrected chi connectivity index (χ3v) is 4.64. The average Bonchev–Trinajstić information content (AvgIpc) is 2.95. The molecule has 0 saturated carbocycles. The van der Waals surface area contributed by atoms with Gasteiger partial charge in [-0.1, -0.05) is 0 Å². The van der Waals surface area contributed by atoms with Crippen LogP contribution in [0.4, 0.5) is 0 Å². The van der Waals surface area contributed by atoms with E-state index in [4.69, 9.17) is 14.2 Å². The maximum atomic E-state index is 12.0. The van der Waals surface area contributed by atoms with Crippen molar-refractivity contribution < 1.29 is 24.4 Å². The zero-order valence-corrected chi connectivity index (χ0v) is 11.8. The summed E-state index contributed by atoms with van der Waals surface area (Å²) in [4.78, 5) is 25.7. The number of rotatable bonds is 1. The number of aryl methyl sites for hydroxylation is 1. The van der Waals surface area contributed by atoms with Crippen LogP contribution in [0.25, 0.3) is 0 Å². The molecular formula is C13H16N2O7. The number of hydrogen-bond donors (Lipinski definition) is 3. The zero-order chi connectivity index (χ0) is 15.6. The lowest BCUT2D eigenvalue weighted by Crippen LogP contribution is -2.62. The second-order valence-corrected chi connectivity index (χ2v) is 5.96. The van der Waals surface area contributed by atoms with E-state index < -0.39 is 47.5 Å². The van der Waals surface area contributed by atoms with Gasteiger partial charge in [-0.25, -0.2) is 4.79 Å². The summed E-state index contributed by atoms with van der Waals surface area (Å²) < 4.78 is 17.9. The lowest BCUT2D eigenvalue weighted by molar-refractivity contribution is -0.215. The summed E-state index contributed by atoms with van der Waals surface area (Å²) in [5, 5.41) is 20.9. The number of hydrogen-bond acceptors (Lipinski definition) is 7. The lowest BCUT2D eigenvalue weighted by Gasteiger charge is -2.39. The van der Waals surface area contributed by atoms with Crippen molar-refractivity contribution in [3.05, 3.63) is 32.6 Å². The number of nitrogens with one attached hydrogen (secondary N) is 1. The van der Waals surface area contributed by atoms with Gasteiger partial charge >= 0.3 is 5.69 Å². The molecule has 0 spiro atoms. The fourth-order valence-electron chi connectivity index (χ4n) is 3.50. The molecule has 9 heteroatoms. The van der Waals surface area contributed by atoms with Crippen molar-refractivity contribution in [1.29, 1.82) is 0 Å². The van der Waals surface area contributed by atoms with Crippen LogP contribution in [0.2, 0.25) is 0 Å². The van der Waals surface area contributed by atoms with Gasteiger partial charge in [0.1, 0.15) is 24.4 Å². The number of aromatic amines is 1. The smallest absolute Gasteiger partial charge is 0.330 e. The molecular weight excluding hydrogens is 296 g/mol. The van der Waals surface area contributed by atoms with Gasteiger partial charge in [0.05, 0.1) is 13.2 Å². The summed E-state index contributed by atoms with van der Waals surface area (Å²) in [6.07, 6.45) is -3.00. The Kier molecular flexibility index (Phi) is 2.88. The molecule has 0 amide bonds. The van der Waals surface area contributed by atoms with E-state index in [1.807, 2.05) is 0 Å². The summed E-state index contributed by atoms with van der Waals surface area (Å²) >= 11 is 0. The summed E-state index contributed by atoms with van der Waals surface area (Å²) in [6, 6.07) is 0. The number of aromatic nitrogens is 2. The Morgan fingerprint density at radius 3 is 2.86 bits per heavy atom. The molecule has 3 aliphatic heterocycles. The van der Waals surface area contributed by atoms with E-state index in [1.165, 1.54) is 10.8 Å². The van der Waals surface area contributed by atoms with Gasteiger partial charge in [0.25, 0.3) is 5.56 Å². The Labute approximate surface area is 124 Å². The van der Waals surface area contributed by atoms with Crippen LogP contribution < -0.4 is 11.2 Å². The van der Waals surface area contributed by atoms with Gasteiger partial charge < -0.3 is 24.4 Å². The largest absolute Gasteiger partial charge is 0.388 e. The van der Waals surface area contributed by atoms with E-state index in [2.05, 4.69) is 4.98 Å². The number of ether oxygens (including phenoxy) is 3. The van der Waals surface area contributed by atoms with Gasteiger partial charge in [-0.15, -0.1) is 0 Å². The van der Waals surface area contributed by atoms with Gasteiger partial charge in [0.15, 0.2) is 11.8 Å². The third-order valence-electron chi connectivity index (χ3n) is 4.64. The van der Waals surface area contributed by atoms with E-state index in [0.717, 1.165) is 0 Å². The van der Waals surface area contributed by atoms with Crippen LogP contribution in [-0.2, 0) is 14.2 Å². The summed E-state index contributed by atoms with van der Waals surface area (Å²) in [5.41, 5.74) is -2.34. The molecule has 22 heavy (non-hydrogen) atoms. The van der Waals surface area contributed by atoms with Crippen molar-refractivity contribution in [2.24, 2.45) is 0 Å². The predicted molar refractivity (Wildman–Crippen MR) is 70.4 cm³/mol. The minimum absolute atomic E-state index is 0.0278. The molecule has 4 heterocycles. The fourth-order valence-corrected chi connectivity index (χ4v) is 3.50. The molecule has 9 nitrogen and oxygen atoms in total. The normalized spacial score (nSPS) is 43.3. The van der Waals surface area contributed by atoms with Crippen LogP contribution >= 0.6 is 0 Å². The van der Waals surface area contributed by atoms with E-state index in [9.17, 15) is 19.8 Å². The van der Waals surface area contributed by atoms with Gasteiger partial charge in [0, 0.05) is 11.8 Å². The molecule has 3 aliphatic rings. The molecule has 6 atom stereocenters. The average molecular weight is 312 g/mol. The van der Waals surface area contributed by atoms with E-state index in [-0.39, 0.29) is 13.2 Å². The first-order chi connectivity index (χ1) is 10.4. The van der Waals surface area contributed by atoms with Crippen molar-refractivity contribution in [2.75, 3.05) is 13.2 Å². The van der Waals surface area contributed by atoms with Crippen molar-refractivity contribution in [3.63, 3.8) is 0 Å². The molecule has 3 N–H and O–H groups in total. The van der Waals surface area contributed by atoms with Gasteiger partial charge in [-0.05, 0) is 6.92 Å². The highest BCUT2D eigenvalue weighted by Gasteiger charge is 2.69. The van der Waals surface area contributed by atoms with Gasteiger partial charge in [-0.2, -0.15) is 0 Å². The van der Waals surface area contributed by atoms with Gasteiger partial charge in [0.2, 0.25) is 0 Å². The number of nitrogens with zero attached hydrogens (tertiary/aromatic N) is 1. The molecule has 1 aromatic rings. The molecule has 0 aliphatic carbocycles. The van der Waals surface area contributed by atoms with Crippen LogP contribution in [0.3, 0.4) is 0 Å². The summed E-state index contributed by atoms with van der Waals surface area (Å²) in [6.45, 7) is 1.74. The standard InChI is InChI=1S/C13H16N2O7/c1-5-2-15(12(18)14-10(5)17)11-9-13(19)7(4-21-9)20-3-6(16)8(13)22-11/h2,6-9,11,16,19H,3-4H2,1H3,(H,14,17,18)/t6-,7-,8-,9-,11+,13-/m1/s1. The van der Waals surface area contributed by atoms with Crippen LogP contribution in [0.1, 0.15) is 11.8 Å². The van der Waals surface area contributed by atoms with Crippen LogP contribution in [0.5, 0.6) is 0 Å². The van der Waals surface area contributed by atoms with Crippen molar-refractivity contribution in [3.8, 4) is 0 Å². The van der Waals surface area contributed by atoms with Crippen molar-refractivity contribution >= 4 is 0 Å². The highest BCUT2D eigenvalue weighted by atomic mass is 16.6. The second kappa shape index (κ2) is 4.49. The Bertz CT molecular complexity index is 728. The number of H-pyrrole nitrogens is 1. The molecule has 0 radical (unpaired) electrons. The number of aliphatic hydroxyl groups is 2. The Morgan fingerprint density at radius 1 is 1.32 bits per heavy atom. The Balaban J connectivity index is 1.81. The monoisotopic (exact) mass is 312 g/mol. The van der Waals surface area contributed by atoms with E-state index in [1.54, 1.807) is 6.92 Å². The van der Waals surface area contributed by atoms with Crippen LogP contribution in [0.15, 0.2) is 15.8 Å². The first-order valence-electron chi connectivity index (χ1n) is 7.04.